The van der Waals surface area contributed by atoms with Gasteiger partial charge in [0.05, 0.1) is 0 Å². The zero-order valence-corrected chi connectivity index (χ0v) is 13.6. The number of pyridine rings is 1. The van der Waals surface area contributed by atoms with Gasteiger partial charge in [0.25, 0.3) is 0 Å². The summed E-state index contributed by atoms with van der Waals surface area (Å²) >= 11 is 0. The fraction of sp³-hybridized carbons (Fsp3) is 0.167. The molecule has 3 aromatic rings. The van der Waals surface area contributed by atoms with Gasteiger partial charge in [0, 0.05) is 42.0 Å². The molecule has 0 aliphatic heterocycles. The van der Waals surface area contributed by atoms with Gasteiger partial charge in [-0.15, -0.1) is 0 Å². The van der Waals surface area contributed by atoms with Crippen molar-refractivity contribution in [2.24, 2.45) is 0 Å². The molecule has 7 nitrogen and oxygen atoms in total. The first kappa shape index (κ1) is 16.5. The van der Waals surface area contributed by atoms with Crippen molar-refractivity contribution in [1.29, 1.82) is 0 Å². The van der Waals surface area contributed by atoms with Gasteiger partial charge in [-0.3, -0.25) is 14.6 Å². The number of aryl methyl sites for hydroxylation is 1. The van der Waals surface area contributed by atoms with Crippen molar-refractivity contribution in [1.82, 2.24) is 15.1 Å². The number of nitrogens with zero attached hydrogens (tertiary/aromatic N) is 3. The molecule has 0 atom stereocenters. The van der Waals surface area contributed by atoms with Crippen LogP contribution in [0, 0.1) is 0 Å². The van der Waals surface area contributed by atoms with Crippen LogP contribution in [-0.4, -0.2) is 26.8 Å². The number of rotatable bonds is 6. The van der Waals surface area contributed by atoms with Gasteiger partial charge in [-0.1, -0.05) is 5.16 Å². The van der Waals surface area contributed by atoms with Crippen LogP contribution in [0.2, 0.25) is 0 Å². The Morgan fingerprint density at radius 1 is 1.16 bits per heavy atom. The van der Waals surface area contributed by atoms with Crippen molar-refractivity contribution in [2.45, 2.75) is 19.8 Å². The molecule has 0 spiro atoms. The van der Waals surface area contributed by atoms with Crippen molar-refractivity contribution in [2.75, 3.05) is 5.32 Å². The summed E-state index contributed by atoms with van der Waals surface area (Å²) in [5.41, 5.74) is 2.00. The van der Waals surface area contributed by atoms with Gasteiger partial charge in [-0.2, -0.15) is 4.98 Å². The Labute approximate surface area is 144 Å². The molecule has 0 aliphatic rings. The number of benzene rings is 1. The number of anilines is 1. The van der Waals surface area contributed by atoms with Crippen LogP contribution in [0.4, 0.5) is 5.69 Å². The Bertz CT molecular complexity index is 873. The highest BCUT2D eigenvalue weighted by molar-refractivity contribution is 5.95. The second-order valence-corrected chi connectivity index (χ2v) is 5.44. The molecule has 1 aromatic carbocycles. The molecule has 2 heterocycles. The number of hydrogen-bond donors (Lipinski definition) is 1. The molecule has 0 fully saturated rings. The highest BCUT2D eigenvalue weighted by Gasteiger charge is 2.11. The number of aromatic nitrogens is 3. The van der Waals surface area contributed by atoms with E-state index in [9.17, 15) is 9.59 Å². The summed E-state index contributed by atoms with van der Waals surface area (Å²) in [5.74, 6) is 0.652. The summed E-state index contributed by atoms with van der Waals surface area (Å²) in [4.78, 5) is 31.5. The van der Waals surface area contributed by atoms with Crippen LogP contribution in [0.3, 0.4) is 0 Å². The number of nitrogens with one attached hydrogen (secondary N) is 1. The fourth-order valence-corrected chi connectivity index (χ4v) is 2.20. The van der Waals surface area contributed by atoms with E-state index >= 15 is 0 Å². The summed E-state index contributed by atoms with van der Waals surface area (Å²) in [7, 11) is 0. The highest BCUT2D eigenvalue weighted by atomic mass is 16.5. The SMILES string of the molecule is CC(=O)c1ccc(NC(=O)CCc2nc(-c3cccnc3)no2)cc1. The summed E-state index contributed by atoms with van der Waals surface area (Å²) < 4.78 is 5.16. The van der Waals surface area contributed by atoms with E-state index in [4.69, 9.17) is 4.52 Å². The van der Waals surface area contributed by atoms with Gasteiger partial charge in [0.15, 0.2) is 5.78 Å². The van der Waals surface area contributed by atoms with Gasteiger partial charge < -0.3 is 9.84 Å². The Morgan fingerprint density at radius 3 is 2.64 bits per heavy atom. The molecule has 0 unspecified atom stereocenters. The molecule has 25 heavy (non-hydrogen) atoms. The molecule has 1 N–H and O–H groups in total. The second kappa shape index (κ2) is 7.48. The average molecular weight is 336 g/mol. The first-order chi connectivity index (χ1) is 12.1. The van der Waals surface area contributed by atoms with Gasteiger partial charge in [0.2, 0.25) is 17.6 Å². The van der Waals surface area contributed by atoms with Gasteiger partial charge >= 0.3 is 0 Å². The van der Waals surface area contributed by atoms with E-state index in [1.165, 1.54) is 6.92 Å². The monoisotopic (exact) mass is 336 g/mol. The summed E-state index contributed by atoms with van der Waals surface area (Å²) in [6.07, 6.45) is 3.86. The lowest BCUT2D eigenvalue weighted by molar-refractivity contribution is -0.116. The zero-order valence-electron chi connectivity index (χ0n) is 13.6. The Morgan fingerprint density at radius 2 is 1.96 bits per heavy atom. The molecule has 7 heteroatoms. The van der Waals surface area contributed by atoms with Crippen molar-refractivity contribution in [3.63, 3.8) is 0 Å². The third kappa shape index (κ3) is 4.35. The minimum absolute atomic E-state index is 0.0151. The Hall–Kier alpha value is -3.35. The Kier molecular flexibility index (Phi) is 4.94. The Balaban J connectivity index is 1.54. The van der Waals surface area contributed by atoms with E-state index in [-0.39, 0.29) is 18.1 Å². The maximum atomic E-state index is 12.0. The normalized spacial score (nSPS) is 10.4. The lowest BCUT2D eigenvalue weighted by atomic mass is 10.1. The minimum atomic E-state index is -0.170. The van der Waals surface area contributed by atoms with E-state index in [1.54, 1.807) is 42.7 Å². The molecule has 0 aliphatic carbocycles. The molecule has 0 bridgehead atoms. The van der Waals surface area contributed by atoms with Crippen LogP contribution in [0.25, 0.3) is 11.4 Å². The second-order valence-electron chi connectivity index (χ2n) is 5.44. The number of Topliss-reactive ketones (excluding diaryl/α,β-unsaturated/α-hetero) is 1. The minimum Gasteiger partial charge on any atom is -0.339 e. The fourth-order valence-electron chi connectivity index (χ4n) is 2.20. The van der Waals surface area contributed by atoms with Gasteiger partial charge in [-0.25, -0.2) is 0 Å². The summed E-state index contributed by atoms with van der Waals surface area (Å²) in [5, 5.41) is 6.65. The van der Waals surface area contributed by atoms with E-state index in [1.807, 2.05) is 6.07 Å². The average Bonchev–Trinajstić information content (AvgIpc) is 3.10. The zero-order chi connectivity index (χ0) is 17.6. The van der Waals surface area contributed by atoms with Crippen molar-refractivity contribution >= 4 is 17.4 Å². The number of amides is 1. The van der Waals surface area contributed by atoms with Gasteiger partial charge in [-0.05, 0) is 43.3 Å². The first-order valence-electron chi connectivity index (χ1n) is 7.75. The molecular weight excluding hydrogens is 320 g/mol. The van der Waals surface area contributed by atoms with Crippen molar-refractivity contribution in [3.05, 3.63) is 60.2 Å². The molecule has 126 valence electrons. The quantitative estimate of drug-likeness (QED) is 0.695. The number of hydrogen-bond acceptors (Lipinski definition) is 6. The smallest absolute Gasteiger partial charge is 0.227 e. The highest BCUT2D eigenvalue weighted by Crippen LogP contribution is 2.15. The van der Waals surface area contributed by atoms with Crippen LogP contribution in [0.15, 0.2) is 53.3 Å². The van der Waals surface area contributed by atoms with E-state index < -0.39 is 0 Å². The molecule has 2 aromatic heterocycles. The first-order valence-corrected chi connectivity index (χ1v) is 7.75. The molecule has 0 radical (unpaired) electrons. The predicted molar refractivity (Wildman–Crippen MR) is 90.9 cm³/mol. The molecule has 3 rings (SSSR count). The number of carbonyl (C=O) groups excluding carboxylic acids is 2. The third-order valence-electron chi connectivity index (χ3n) is 3.53. The van der Waals surface area contributed by atoms with Gasteiger partial charge in [0.1, 0.15) is 0 Å². The van der Waals surface area contributed by atoms with Crippen LogP contribution < -0.4 is 5.32 Å². The molecular formula is C18H16N4O3. The van der Waals surface area contributed by atoms with E-state index in [0.29, 0.717) is 29.4 Å². The van der Waals surface area contributed by atoms with Crippen LogP contribution in [0.1, 0.15) is 29.6 Å². The number of ketones is 1. The van der Waals surface area contributed by atoms with E-state index in [2.05, 4.69) is 20.4 Å². The standard InChI is InChI=1S/C18H16N4O3/c1-12(23)13-4-6-15(7-5-13)20-16(24)8-9-17-21-18(22-25-17)14-3-2-10-19-11-14/h2-7,10-11H,8-9H2,1H3,(H,20,24). The maximum Gasteiger partial charge on any atom is 0.227 e. The number of carbonyl (C=O) groups is 2. The van der Waals surface area contributed by atoms with Crippen LogP contribution in [-0.2, 0) is 11.2 Å². The largest absolute Gasteiger partial charge is 0.339 e. The van der Waals surface area contributed by atoms with Crippen LogP contribution in [0.5, 0.6) is 0 Å². The van der Waals surface area contributed by atoms with Crippen molar-refractivity contribution in [3.8, 4) is 11.4 Å². The third-order valence-corrected chi connectivity index (χ3v) is 3.53. The topological polar surface area (TPSA) is 98.0 Å². The van der Waals surface area contributed by atoms with Crippen LogP contribution >= 0.6 is 0 Å². The van der Waals surface area contributed by atoms with E-state index in [0.717, 1.165) is 5.56 Å². The predicted octanol–water partition coefficient (Wildman–Crippen LogP) is 2.91. The molecule has 0 saturated carbocycles. The molecule has 1 amide bonds. The summed E-state index contributed by atoms with van der Waals surface area (Å²) in [6, 6.07) is 10.4. The molecule has 0 saturated heterocycles. The maximum absolute atomic E-state index is 12.0. The lowest BCUT2D eigenvalue weighted by Gasteiger charge is -2.04. The van der Waals surface area contributed by atoms with Crippen molar-refractivity contribution < 1.29 is 14.1 Å². The lowest BCUT2D eigenvalue weighted by Crippen LogP contribution is -2.12. The summed E-state index contributed by atoms with van der Waals surface area (Å²) in [6.45, 7) is 1.50.